The van der Waals surface area contributed by atoms with Crippen molar-refractivity contribution in [2.24, 2.45) is 0 Å². The van der Waals surface area contributed by atoms with Crippen molar-refractivity contribution >= 4 is 5.82 Å². The average molecular weight is 311 g/mol. The Balaban J connectivity index is 2.54. The number of nitrogens with one attached hydrogen (secondary N) is 1. The van der Waals surface area contributed by atoms with Gasteiger partial charge in [-0.1, -0.05) is 0 Å². The van der Waals surface area contributed by atoms with Gasteiger partial charge < -0.3 is 5.32 Å². The summed E-state index contributed by atoms with van der Waals surface area (Å²) in [6.45, 7) is 0. The second kappa shape index (κ2) is 6.34. The molecule has 2 aromatic heterocycles. The molecule has 2 rings (SSSR count). The van der Waals surface area contributed by atoms with Crippen molar-refractivity contribution in [1.29, 1.82) is 5.26 Å². The normalized spacial score (nSPS) is 10.8. The topological polar surface area (TPSA) is 74.5 Å². The highest BCUT2D eigenvalue weighted by atomic mass is 19.3. The number of hydrogen-bond acceptors (Lipinski definition) is 5. The molecule has 0 bridgehead atoms. The lowest BCUT2D eigenvalue weighted by atomic mass is 10.2. The maximum atomic E-state index is 12.8. The maximum absolute atomic E-state index is 12.8. The molecule has 0 saturated heterocycles. The minimum atomic E-state index is -3.18. The smallest absolute Gasteiger partial charge is 0.282 e. The Labute approximate surface area is 122 Å². The van der Waals surface area contributed by atoms with Crippen molar-refractivity contribution in [1.82, 2.24) is 15.0 Å². The van der Waals surface area contributed by atoms with Gasteiger partial charge in [0, 0.05) is 7.05 Å². The van der Waals surface area contributed by atoms with Crippen LogP contribution in [0, 0.1) is 11.3 Å². The third-order valence-corrected chi connectivity index (χ3v) is 2.76. The Kier molecular flexibility index (Phi) is 4.50. The van der Waals surface area contributed by atoms with Crippen LogP contribution in [-0.4, -0.2) is 22.0 Å². The Morgan fingerprint density at radius 3 is 2.27 bits per heavy atom. The number of aromatic nitrogens is 3. The van der Waals surface area contributed by atoms with Crippen LogP contribution >= 0.6 is 0 Å². The van der Waals surface area contributed by atoms with E-state index in [1.165, 1.54) is 19.2 Å². The molecule has 22 heavy (non-hydrogen) atoms. The molecule has 0 aliphatic heterocycles. The number of hydrogen-bond donors (Lipinski definition) is 1. The van der Waals surface area contributed by atoms with Gasteiger partial charge in [-0.05, 0) is 12.1 Å². The molecule has 0 amide bonds. The van der Waals surface area contributed by atoms with Crippen molar-refractivity contribution in [2.45, 2.75) is 12.9 Å². The fourth-order valence-corrected chi connectivity index (χ4v) is 1.75. The predicted octanol–water partition coefficient (Wildman–Crippen LogP) is 3.33. The monoisotopic (exact) mass is 311 g/mol. The number of nitrogens with zero attached hydrogens (tertiary/aromatic N) is 4. The van der Waals surface area contributed by atoms with Crippen molar-refractivity contribution in [3.8, 4) is 17.5 Å². The van der Waals surface area contributed by atoms with Gasteiger partial charge in [-0.2, -0.15) is 5.26 Å². The summed E-state index contributed by atoms with van der Waals surface area (Å²) in [7, 11) is 1.53. The molecule has 0 radical (unpaired) electrons. The van der Waals surface area contributed by atoms with Gasteiger partial charge >= 0.3 is 0 Å². The van der Waals surface area contributed by atoms with E-state index in [0.717, 1.165) is 6.20 Å². The van der Waals surface area contributed by atoms with E-state index in [-0.39, 0.29) is 22.8 Å². The number of pyridine rings is 1. The SMILES string of the molecule is CNc1nc(-c2cnc(C(F)F)c(C(F)F)n2)ccc1C#N. The first-order valence-electron chi connectivity index (χ1n) is 6.00. The van der Waals surface area contributed by atoms with Gasteiger partial charge in [0.05, 0.1) is 17.5 Å². The van der Waals surface area contributed by atoms with E-state index in [4.69, 9.17) is 5.26 Å². The van der Waals surface area contributed by atoms with Gasteiger partial charge in [-0.3, -0.25) is 4.98 Å². The molecule has 0 fully saturated rings. The number of anilines is 1. The van der Waals surface area contributed by atoms with E-state index >= 15 is 0 Å². The first kappa shape index (κ1) is 15.6. The third kappa shape index (κ3) is 2.95. The molecule has 0 saturated carbocycles. The molecule has 114 valence electrons. The van der Waals surface area contributed by atoms with Gasteiger partial charge in [0.2, 0.25) is 0 Å². The minimum absolute atomic E-state index is 0.0827. The molecule has 2 aromatic rings. The molecular weight excluding hydrogens is 302 g/mol. The summed E-state index contributed by atoms with van der Waals surface area (Å²) in [5.74, 6) is 0.221. The van der Waals surface area contributed by atoms with Crippen LogP contribution in [0.1, 0.15) is 29.8 Å². The molecule has 1 N–H and O–H groups in total. The van der Waals surface area contributed by atoms with E-state index in [1.54, 1.807) is 0 Å². The first-order chi connectivity index (χ1) is 10.5. The first-order valence-corrected chi connectivity index (χ1v) is 6.00. The van der Waals surface area contributed by atoms with Crippen LogP contribution in [0.3, 0.4) is 0 Å². The molecule has 2 heterocycles. The molecule has 0 aliphatic rings. The zero-order chi connectivity index (χ0) is 16.3. The van der Waals surface area contributed by atoms with Crippen LogP contribution in [0.25, 0.3) is 11.4 Å². The van der Waals surface area contributed by atoms with E-state index in [0.29, 0.717) is 0 Å². The van der Waals surface area contributed by atoms with Crippen molar-refractivity contribution in [3.63, 3.8) is 0 Å². The molecule has 0 aromatic carbocycles. The highest BCUT2D eigenvalue weighted by Crippen LogP contribution is 2.29. The van der Waals surface area contributed by atoms with E-state index in [1.807, 2.05) is 6.07 Å². The standard InChI is InChI=1S/C13H9F4N5/c1-19-13-6(4-18)2-3-7(22-13)8-5-20-9(11(14)15)10(21-8)12(16)17/h2-3,5,11-12H,1H3,(H,19,22). The second-order valence-corrected chi connectivity index (χ2v) is 4.08. The maximum Gasteiger partial charge on any atom is 0.282 e. The minimum Gasteiger partial charge on any atom is -0.372 e. The number of alkyl halides is 4. The number of rotatable bonds is 4. The Bertz CT molecular complexity index is 727. The van der Waals surface area contributed by atoms with Gasteiger partial charge in [-0.25, -0.2) is 27.5 Å². The largest absolute Gasteiger partial charge is 0.372 e. The summed E-state index contributed by atoms with van der Waals surface area (Å²) < 4.78 is 51.0. The van der Waals surface area contributed by atoms with E-state index in [2.05, 4.69) is 20.3 Å². The summed E-state index contributed by atoms with van der Waals surface area (Å²) in [4.78, 5) is 10.9. The molecule has 0 atom stereocenters. The fourth-order valence-electron chi connectivity index (χ4n) is 1.75. The third-order valence-electron chi connectivity index (χ3n) is 2.76. The Hall–Kier alpha value is -2.76. The van der Waals surface area contributed by atoms with Crippen LogP contribution in [0.5, 0.6) is 0 Å². The van der Waals surface area contributed by atoms with Crippen molar-refractivity contribution in [3.05, 3.63) is 35.3 Å². The van der Waals surface area contributed by atoms with Crippen LogP contribution in [0.4, 0.5) is 23.4 Å². The van der Waals surface area contributed by atoms with Crippen molar-refractivity contribution < 1.29 is 17.6 Å². The van der Waals surface area contributed by atoms with Crippen LogP contribution in [0.15, 0.2) is 18.3 Å². The summed E-state index contributed by atoms with van der Waals surface area (Å²) >= 11 is 0. The zero-order valence-corrected chi connectivity index (χ0v) is 11.2. The molecular formula is C13H9F4N5. The van der Waals surface area contributed by atoms with Gasteiger partial charge in [0.1, 0.15) is 29.0 Å². The summed E-state index contributed by atoms with van der Waals surface area (Å²) in [5.41, 5.74) is -1.83. The predicted molar refractivity (Wildman–Crippen MR) is 69.4 cm³/mol. The zero-order valence-electron chi connectivity index (χ0n) is 11.2. The van der Waals surface area contributed by atoms with Crippen LogP contribution in [-0.2, 0) is 0 Å². The number of nitriles is 1. The lowest BCUT2D eigenvalue weighted by Gasteiger charge is -2.09. The summed E-state index contributed by atoms with van der Waals surface area (Å²) in [6.07, 6.45) is -5.38. The summed E-state index contributed by atoms with van der Waals surface area (Å²) in [5, 5.41) is 11.6. The molecule has 9 heteroatoms. The van der Waals surface area contributed by atoms with E-state index < -0.39 is 24.2 Å². The quantitative estimate of drug-likeness (QED) is 0.877. The van der Waals surface area contributed by atoms with Crippen LogP contribution < -0.4 is 5.32 Å². The van der Waals surface area contributed by atoms with Gasteiger partial charge in [0.25, 0.3) is 12.9 Å². The highest BCUT2D eigenvalue weighted by Gasteiger charge is 2.24. The summed E-state index contributed by atoms with van der Waals surface area (Å²) in [6, 6.07) is 4.69. The molecule has 0 spiro atoms. The molecule has 0 aliphatic carbocycles. The Morgan fingerprint density at radius 1 is 1.05 bits per heavy atom. The highest BCUT2D eigenvalue weighted by molar-refractivity contribution is 5.61. The number of halogens is 4. The fraction of sp³-hybridized carbons (Fsp3) is 0.231. The molecule has 0 unspecified atom stereocenters. The van der Waals surface area contributed by atoms with Gasteiger partial charge in [0.15, 0.2) is 0 Å². The van der Waals surface area contributed by atoms with Gasteiger partial charge in [-0.15, -0.1) is 0 Å². The van der Waals surface area contributed by atoms with Crippen molar-refractivity contribution in [2.75, 3.05) is 12.4 Å². The molecule has 5 nitrogen and oxygen atoms in total. The lowest BCUT2D eigenvalue weighted by Crippen LogP contribution is -2.05. The van der Waals surface area contributed by atoms with E-state index in [9.17, 15) is 17.6 Å². The van der Waals surface area contributed by atoms with Crippen LogP contribution in [0.2, 0.25) is 0 Å². The second-order valence-electron chi connectivity index (χ2n) is 4.08. The average Bonchev–Trinajstić information content (AvgIpc) is 2.53. The Morgan fingerprint density at radius 2 is 1.73 bits per heavy atom. The lowest BCUT2D eigenvalue weighted by molar-refractivity contribution is 0.116.